The summed E-state index contributed by atoms with van der Waals surface area (Å²) in [6.45, 7) is 9.48. The number of benzene rings is 2. The predicted molar refractivity (Wildman–Crippen MR) is 125 cm³/mol. The van der Waals surface area contributed by atoms with Gasteiger partial charge < -0.3 is 14.6 Å². The number of H-pyrrole nitrogens is 1. The molecule has 0 bridgehead atoms. The molecule has 0 aliphatic rings. The number of aromatic amines is 1. The summed E-state index contributed by atoms with van der Waals surface area (Å²) in [5.74, 6) is 0.952. The Balaban J connectivity index is 1.31. The summed E-state index contributed by atoms with van der Waals surface area (Å²) in [4.78, 5) is 6.99. The fourth-order valence-electron chi connectivity index (χ4n) is 3.45. The zero-order chi connectivity index (χ0) is 20.3. The van der Waals surface area contributed by atoms with Crippen LogP contribution in [0.3, 0.4) is 0 Å². The minimum Gasteiger partial charge on any atom is -0.494 e. The van der Waals surface area contributed by atoms with Crippen molar-refractivity contribution in [1.82, 2.24) is 14.6 Å². The Morgan fingerprint density at radius 3 is 2.59 bits per heavy atom. The van der Waals surface area contributed by atoms with E-state index in [1.165, 1.54) is 21.4 Å². The monoisotopic (exact) mass is 411 g/mol. The SMILES string of the molecule is CCN(CC)CCCOc1ccc(SNCCCc2c[nH]c3ccccc23)cc1. The molecule has 4 nitrogen and oxygen atoms in total. The topological polar surface area (TPSA) is 40.3 Å². The van der Waals surface area contributed by atoms with Crippen molar-refractivity contribution in [2.75, 3.05) is 32.8 Å². The molecule has 0 unspecified atom stereocenters. The maximum absolute atomic E-state index is 5.86. The fraction of sp³-hybridized carbons (Fsp3) is 0.417. The van der Waals surface area contributed by atoms with E-state index < -0.39 is 0 Å². The van der Waals surface area contributed by atoms with Crippen LogP contribution in [0.2, 0.25) is 0 Å². The molecule has 0 aliphatic carbocycles. The lowest BCUT2D eigenvalue weighted by molar-refractivity contribution is 0.249. The van der Waals surface area contributed by atoms with E-state index in [0.29, 0.717) is 0 Å². The molecule has 0 radical (unpaired) electrons. The number of rotatable bonds is 13. The number of aromatic nitrogens is 1. The van der Waals surface area contributed by atoms with Gasteiger partial charge in [0, 0.05) is 35.1 Å². The van der Waals surface area contributed by atoms with Gasteiger partial charge in [-0.1, -0.05) is 32.0 Å². The molecule has 3 aromatic rings. The molecule has 0 spiro atoms. The van der Waals surface area contributed by atoms with E-state index in [4.69, 9.17) is 4.74 Å². The van der Waals surface area contributed by atoms with Crippen molar-refractivity contribution in [3.63, 3.8) is 0 Å². The first-order chi connectivity index (χ1) is 14.3. The number of para-hydroxylation sites is 1. The first kappa shape index (κ1) is 21.8. The number of fused-ring (bicyclic) bond motifs is 1. The van der Waals surface area contributed by atoms with Crippen LogP contribution in [0.1, 0.15) is 32.3 Å². The largest absolute Gasteiger partial charge is 0.494 e. The number of hydrogen-bond donors (Lipinski definition) is 2. The minimum atomic E-state index is 0.773. The van der Waals surface area contributed by atoms with Crippen LogP contribution in [-0.4, -0.2) is 42.7 Å². The molecule has 0 aliphatic heterocycles. The molecule has 0 saturated carbocycles. The molecule has 0 atom stereocenters. The van der Waals surface area contributed by atoms with Crippen LogP contribution < -0.4 is 9.46 Å². The molecule has 3 rings (SSSR count). The maximum Gasteiger partial charge on any atom is 0.119 e. The van der Waals surface area contributed by atoms with Crippen molar-refractivity contribution < 1.29 is 4.74 Å². The van der Waals surface area contributed by atoms with Crippen LogP contribution in [0.4, 0.5) is 0 Å². The third-order valence-corrected chi connectivity index (χ3v) is 6.05. The normalized spacial score (nSPS) is 11.4. The highest BCUT2D eigenvalue weighted by Gasteiger charge is 2.03. The van der Waals surface area contributed by atoms with Crippen molar-refractivity contribution in [2.24, 2.45) is 0 Å². The number of aryl methyl sites for hydroxylation is 1. The van der Waals surface area contributed by atoms with Gasteiger partial charge in [-0.2, -0.15) is 0 Å². The Morgan fingerprint density at radius 2 is 1.79 bits per heavy atom. The molecule has 0 fully saturated rings. The van der Waals surface area contributed by atoms with Gasteiger partial charge in [0.25, 0.3) is 0 Å². The molecular formula is C24H33N3OS. The van der Waals surface area contributed by atoms with Gasteiger partial charge >= 0.3 is 0 Å². The Bertz CT molecular complexity index is 843. The first-order valence-electron chi connectivity index (χ1n) is 10.7. The standard InChI is InChI=1S/C24H33N3OS/c1-3-27(4-2)17-8-18-28-21-12-14-22(15-13-21)29-26-16-7-9-20-19-25-24-11-6-5-10-23(20)24/h5-6,10-15,19,25-26H,3-4,7-9,16-18H2,1-2H3. The summed E-state index contributed by atoms with van der Waals surface area (Å²) in [6.07, 6.45) is 5.40. The van der Waals surface area contributed by atoms with E-state index in [2.05, 4.69) is 83.2 Å². The van der Waals surface area contributed by atoms with E-state index in [9.17, 15) is 0 Å². The van der Waals surface area contributed by atoms with Crippen LogP contribution in [-0.2, 0) is 6.42 Å². The van der Waals surface area contributed by atoms with E-state index in [1.807, 2.05) is 0 Å². The quantitative estimate of drug-likeness (QED) is 0.287. The number of ether oxygens (including phenoxy) is 1. The Kier molecular flexibility index (Phi) is 8.93. The maximum atomic E-state index is 5.86. The molecule has 29 heavy (non-hydrogen) atoms. The molecule has 1 heterocycles. The lowest BCUT2D eigenvalue weighted by Gasteiger charge is -2.17. The highest BCUT2D eigenvalue weighted by atomic mass is 32.2. The minimum absolute atomic E-state index is 0.773. The van der Waals surface area contributed by atoms with Gasteiger partial charge in [0.2, 0.25) is 0 Å². The van der Waals surface area contributed by atoms with Crippen molar-refractivity contribution in [2.45, 2.75) is 38.0 Å². The zero-order valence-corrected chi connectivity index (χ0v) is 18.4. The lowest BCUT2D eigenvalue weighted by Crippen LogP contribution is -2.25. The van der Waals surface area contributed by atoms with Gasteiger partial charge in [-0.25, -0.2) is 0 Å². The van der Waals surface area contributed by atoms with Crippen molar-refractivity contribution >= 4 is 22.9 Å². The van der Waals surface area contributed by atoms with Crippen LogP contribution >= 0.6 is 11.9 Å². The van der Waals surface area contributed by atoms with Crippen LogP contribution in [0.5, 0.6) is 5.75 Å². The van der Waals surface area contributed by atoms with Gasteiger partial charge in [0.05, 0.1) is 6.61 Å². The second kappa shape index (κ2) is 11.9. The van der Waals surface area contributed by atoms with Gasteiger partial charge in [-0.15, -0.1) is 0 Å². The third-order valence-electron chi connectivity index (χ3n) is 5.20. The average Bonchev–Trinajstić information content (AvgIpc) is 3.18. The highest BCUT2D eigenvalue weighted by Crippen LogP contribution is 2.21. The van der Waals surface area contributed by atoms with Gasteiger partial charge in [0.1, 0.15) is 5.75 Å². The number of hydrogen-bond acceptors (Lipinski definition) is 4. The van der Waals surface area contributed by atoms with E-state index in [-0.39, 0.29) is 0 Å². The van der Waals surface area contributed by atoms with E-state index >= 15 is 0 Å². The van der Waals surface area contributed by atoms with Crippen LogP contribution in [0, 0.1) is 0 Å². The fourth-order valence-corrected chi connectivity index (χ4v) is 4.13. The third kappa shape index (κ3) is 6.81. The molecular weight excluding hydrogens is 378 g/mol. The second-order valence-electron chi connectivity index (χ2n) is 7.16. The van der Waals surface area contributed by atoms with Crippen molar-refractivity contribution in [3.05, 3.63) is 60.3 Å². The van der Waals surface area contributed by atoms with E-state index in [1.54, 1.807) is 11.9 Å². The second-order valence-corrected chi connectivity index (χ2v) is 8.12. The number of nitrogens with zero attached hydrogens (tertiary/aromatic N) is 1. The highest BCUT2D eigenvalue weighted by molar-refractivity contribution is 7.97. The summed E-state index contributed by atoms with van der Waals surface area (Å²) in [6, 6.07) is 16.9. The van der Waals surface area contributed by atoms with Gasteiger partial charge in [-0.3, -0.25) is 4.72 Å². The van der Waals surface area contributed by atoms with Gasteiger partial charge in [0.15, 0.2) is 0 Å². The smallest absolute Gasteiger partial charge is 0.119 e. The zero-order valence-electron chi connectivity index (χ0n) is 17.6. The molecule has 2 aromatic carbocycles. The van der Waals surface area contributed by atoms with Gasteiger partial charge in [-0.05, 0) is 80.2 Å². The number of nitrogens with one attached hydrogen (secondary N) is 2. The molecule has 5 heteroatoms. The Labute approximate surface area is 179 Å². The summed E-state index contributed by atoms with van der Waals surface area (Å²) in [5.41, 5.74) is 2.62. The summed E-state index contributed by atoms with van der Waals surface area (Å²) in [5, 5.41) is 1.34. The molecule has 0 saturated heterocycles. The molecule has 0 amide bonds. The Hall–Kier alpha value is -1.95. The molecule has 2 N–H and O–H groups in total. The summed E-state index contributed by atoms with van der Waals surface area (Å²) >= 11 is 1.69. The lowest BCUT2D eigenvalue weighted by atomic mass is 10.1. The van der Waals surface area contributed by atoms with Crippen molar-refractivity contribution in [3.8, 4) is 5.75 Å². The predicted octanol–water partition coefficient (Wildman–Crippen LogP) is 5.51. The van der Waals surface area contributed by atoms with Crippen molar-refractivity contribution in [1.29, 1.82) is 0 Å². The van der Waals surface area contributed by atoms with Crippen LogP contribution in [0.25, 0.3) is 10.9 Å². The summed E-state index contributed by atoms with van der Waals surface area (Å²) in [7, 11) is 0. The average molecular weight is 412 g/mol. The van der Waals surface area contributed by atoms with E-state index in [0.717, 1.165) is 57.8 Å². The first-order valence-corrected chi connectivity index (χ1v) is 11.5. The molecule has 1 aromatic heterocycles. The molecule has 156 valence electrons. The summed E-state index contributed by atoms with van der Waals surface area (Å²) < 4.78 is 9.33. The van der Waals surface area contributed by atoms with Crippen LogP contribution in [0.15, 0.2) is 59.6 Å². The Morgan fingerprint density at radius 1 is 1.00 bits per heavy atom.